The average molecular weight is 478 g/mol. The van der Waals surface area contributed by atoms with Crippen molar-refractivity contribution in [1.29, 1.82) is 0 Å². The van der Waals surface area contributed by atoms with Crippen LogP contribution in [0.2, 0.25) is 0 Å². The molecule has 3 heterocycles. The number of rotatable bonds is 3. The number of benzene rings is 1. The third-order valence-electron chi connectivity index (χ3n) is 8.47. The molecular weight excluding hydrogens is 434 g/mol. The van der Waals surface area contributed by atoms with Crippen molar-refractivity contribution >= 4 is 11.8 Å². The number of fused-ring (bicyclic) bond motifs is 2. The van der Waals surface area contributed by atoms with Crippen LogP contribution in [0.25, 0.3) is 0 Å². The lowest BCUT2D eigenvalue weighted by atomic mass is 9.49. The Hall–Kier alpha value is -0.950. The Morgan fingerprint density at radius 3 is 2.61 bits per heavy atom. The number of unbranched alkanes of at least 4 members (excludes halogenated alkanes) is 1. The Labute approximate surface area is 204 Å². The first-order valence-electron chi connectivity index (χ1n) is 12.9. The topological polar surface area (TPSA) is 40.2 Å². The van der Waals surface area contributed by atoms with Gasteiger partial charge in [0.2, 0.25) is 0 Å². The van der Waals surface area contributed by atoms with Crippen LogP contribution in [0.4, 0.5) is 0 Å². The highest BCUT2D eigenvalue weighted by atomic mass is 32.2. The van der Waals surface area contributed by atoms with Gasteiger partial charge in [-0.05, 0) is 56.7 Å². The van der Waals surface area contributed by atoms with E-state index in [9.17, 15) is 0 Å². The Morgan fingerprint density at radius 1 is 1.18 bits per heavy atom. The van der Waals surface area contributed by atoms with Crippen LogP contribution >= 0.6 is 11.8 Å². The normalized spacial score (nSPS) is 37.3. The van der Waals surface area contributed by atoms with Gasteiger partial charge in [0, 0.05) is 22.9 Å². The van der Waals surface area contributed by atoms with E-state index in [1.54, 1.807) is 7.11 Å². The number of piperidine rings is 1. The van der Waals surface area contributed by atoms with Gasteiger partial charge in [0.1, 0.15) is 24.4 Å². The second-order valence-corrected chi connectivity index (χ2v) is 10.7. The molecule has 1 aromatic carbocycles. The number of hydrogen-bond acceptors (Lipinski definition) is 6. The van der Waals surface area contributed by atoms with Crippen LogP contribution in [-0.2, 0) is 21.3 Å². The second-order valence-electron chi connectivity index (χ2n) is 9.74. The van der Waals surface area contributed by atoms with Gasteiger partial charge in [-0.2, -0.15) is 0 Å². The van der Waals surface area contributed by atoms with Crippen LogP contribution in [0.15, 0.2) is 12.1 Å². The van der Waals surface area contributed by atoms with E-state index in [-0.39, 0.29) is 23.1 Å². The third kappa shape index (κ3) is 3.80. The Balaban J connectivity index is 0.000000394. The largest absolute Gasteiger partial charge is 0.493 e. The summed E-state index contributed by atoms with van der Waals surface area (Å²) in [7, 11) is 4.04. The molecule has 5 nitrogen and oxygen atoms in total. The van der Waals surface area contributed by atoms with Gasteiger partial charge in [-0.15, -0.1) is 11.8 Å². The maximum atomic E-state index is 6.76. The van der Waals surface area contributed by atoms with E-state index < -0.39 is 0 Å². The van der Waals surface area contributed by atoms with Gasteiger partial charge in [-0.3, -0.25) is 0 Å². The van der Waals surface area contributed by atoms with Gasteiger partial charge in [0.05, 0.1) is 7.11 Å². The molecule has 0 amide bonds. The summed E-state index contributed by atoms with van der Waals surface area (Å²) in [6, 6.07) is 4.93. The number of likely N-dealkylation sites (N-methyl/N-ethyl adjacent to an activating group) is 1. The van der Waals surface area contributed by atoms with E-state index in [2.05, 4.69) is 44.2 Å². The van der Waals surface area contributed by atoms with Crippen LogP contribution in [-0.4, -0.2) is 62.3 Å². The van der Waals surface area contributed by atoms with Gasteiger partial charge in [-0.25, -0.2) is 0 Å². The van der Waals surface area contributed by atoms with Crippen molar-refractivity contribution in [3.8, 4) is 11.5 Å². The zero-order valence-electron chi connectivity index (χ0n) is 21.6. The van der Waals surface area contributed by atoms with Gasteiger partial charge >= 0.3 is 0 Å². The summed E-state index contributed by atoms with van der Waals surface area (Å²) in [5.41, 5.74) is 3.15. The molecule has 0 N–H and O–H groups in total. The van der Waals surface area contributed by atoms with E-state index in [0.29, 0.717) is 24.7 Å². The smallest absolute Gasteiger partial charge is 0.165 e. The number of likely N-dealkylation sites (tertiary alicyclic amines) is 1. The Kier molecular flexibility index (Phi) is 7.89. The standard InChI is InChI=1S/C21H27NO4S.C4H10.C2H6/c1-22-7-6-21-13-9-12-17(24-10-25-20(12)27-3)19(21)26-18-15(23-2)5-4-11(16(18)21)8-14(13)22;1-3-4-2;1-2/h4-5,12-14,17,19-20H,6-10H2,1-3H3;3-4H2,1-2H3;1-2H3/t12-,13?,14?,17?,19-,20?,21-;;/m1../s1. The molecule has 186 valence electrons. The lowest BCUT2D eigenvalue weighted by Gasteiger charge is -2.61. The van der Waals surface area contributed by atoms with Gasteiger partial charge in [-0.1, -0.05) is 46.6 Å². The van der Waals surface area contributed by atoms with Crippen molar-refractivity contribution in [2.75, 3.05) is 33.8 Å². The first-order valence-corrected chi connectivity index (χ1v) is 14.2. The quantitative estimate of drug-likeness (QED) is 0.574. The highest BCUT2D eigenvalue weighted by Gasteiger charge is 2.68. The summed E-state index contributed by atoms with van der Waals surface area (Å²) >= 11 is 1.82. The lowest BCUT2D eigenvalue weighted by molar-refractivity contribution is -0.242. The third-order valence-corrected chi connectivity index (χ3v) is 9.42. The highest BCUT2D eigenvalue weighted by Crippen LogP contribution is 2.65. The molecule has 5 aliphatic rings. The minimum atomic E-state index is 0.0656. The second kappa shape index (κ2) is 10.3. The van der Waals surface area contributed by atoms with Crippen LogP contribution < -0.4 is 9.47 Å². The number of methoxy groups -OCH3 is 1. The van der Waals surface area contributed by atoms with Gasteiger partial charge in [0.15, 0.2) is 11.5 Å². The van der Waals surface area contributed by atoms with Gasteiger partial charge < -0.3 is 23.8 Å². The van der Waals surface area contributed by atoms with Crippen molar-refractivity contribution in [3.05, 3.63) is 23.3 Å². The highest BCUT2D eigenvalue weighted by molar-refractivity contribution is 7.99. The molecule has 2 saturated heterocycles. The van der Waals surface area contributed by atoms with Crippen molar-refractivity contribution in [1.82, 2.24) is 4.90 Å². The fourth-order valence-electron chi connectivity index (χ4n) is 6.89. The maximum Gasteiger partial charge on any atom is 0.165 e. The SMILES string of the molecule is CC.CCCC.COc1ccc2c3c1O[C@@H]1C4OCOC(SC)[C@@H]4CC4C(C2)N(C)CC[C@]341. The first-order chi connectivity index (χ1) is 16.1. The van der Waals surface area contributed by atoms with E-state index in [1.165, 1.54) is 24.0 Å². The molecule has 4 unspecified atom stereocenters. The van der Waals surface area contributed by atoms with Gasteiger partial charge in [0.25, 0.3) is 0 Å². The molecule has 2 aliphatic carbocycles. The molecule has 2 bridgehead atoms. The number of nitrogens with zero attached hydrogens (tertiary/aromatic N) is 1. The van der Waals surface area contributed by atoms with Crippen LogP contribution in [0, 0.1) is 11.8 Å². The van der Waals surface area contributed by atoms with E-state index in [4.69, 9.17) is 18.9 Å². The summed E-state index contributed by atoms with van der Waals surface area (Å²) in [5, 5.41) is 0. The van der Waals surface area contributed by atoms with Crippen LogP contribution in [0.3, 0.4) is 0 Å². The molecule has 1 spiro atoms. The molecular formula is C27H43NO4S. The van der Waals surface area contributed by atoms with E-state index in [0.717, 1.165) is 37.3 Å². The minimum absolute atomic E-state index is 0.0656. The summed E-state index contributed by atoms with van der Waals surface area (Å²) < 4.78 is 24.7. The molecule has 33 heavy (non-hydrogen) atoms. The monoisotopic (exact) mass is 477 g/mol. The Bertz CT molecular complexity index is 818. The van der Waals surface area contributed by atoms with Crippen LogP contribution in [0.5, 0.6) is 11.5 Å². The molecule has 6 heteroatoms. The van der Waals surface area contributed by atoms with Crippen molar-refractivity contribution < 1.29 is 18.9 Å². The zero-order valence-corrected chi connectivity index (χ0v) is 22.4. The maximum absolute atomic E-state index is 6.76. The van der Waals surface area contributed by atoms with Crippen molar-refractivity contribution in [2.24, 2.45) is 11.8 Å². The molecule has 6 rings (SSSR count). The van der Waals surface area contributed by atoms with Crippen molar-refractivity contribution in [3.63, 3.8) is 0 Å². The van der Waals surface area contributed by atoms with Crippen molar-refractivity contribution in [2.45, 2.75) is 88.9 Å². The summed E-state index contributed by atoms with van der Waals surface area (Å²) in [6.45, 7) is 9.86. The lowest BCUT2D eigenvalue weighted by Crippen LogP contribution is -2.70. The molecule has 1 saturated carbocycles. The molecule has 0 aromatic heterocycles. The molecule has 1 aromatic rings. The summed E-state index contributed by atoms with van der Waals surface area (Å²) in [4.78, 5) is 2.58. The fourth-order valence-corrected chi connectivity index (χ4v) is 7.70. The Morgan fingerprint density at radius 2 is 1.94 bits per heavy atom. The number of thioether (sulfide) groups is 1. The predicted molar refractivity (Wildman–Crippen MR) is 135 cm³/mol. The average Bonchev–Trinajstić information content (AvgIpc) is 3.22. The summed E-state index contributed by atoms with van der Waals surface area (Å²) in [5.74, 6) is 2.83. The first kappa shape index (κ1) is 25.2. The summed E-state index contributed by atoms with van der Waals surface area (Å²) in [6.07, 6.45) is 8.35. The molecule has 3 aliphatic heterocycles. The number of hydrogen-bond donors (Lipinski definition) is 0. The van der Waals surface area contributed by atoms with E-state index in [1.807, 2.05) is 25.6 Å². The number of ether oxygens (including phenoxy) is 4. The van der Waals surface area contributed by atoms with Crippen LogP contribution in [0.1, 0.15) is 64.5 Å². The molecule has 0 radical (unpaired) electrons. The minimum Gasteiger partial charge on any atom is -0.493 e. The predicted octanol–water partition coefficient (Wildman–Crippen LogP) is 5.48. The molecule has 3 fully saturated rings. The zero-order chi connectivity index (χ0) is 23.8. The van der Waals surface area contributed by atoms with E-state index >= 15 is 0 Å². The fraction of sp³-hybridized carbons (Fsp3) is 0.778. The molecule has 7 atom stereocenters.